The number of hydrogen-bond donors (Lipinski definition) is 1. The molecule has 1 rings (SSSR count). The number of hydrogen-bond acceptors (Lipinski definition) is 3. The lowest BCUT2D eigenvalue weighted by Crippen LogP contribution is -2.14. The molecule has 0 saturated heterocycles. The van der Waals surface area contributed by atoms with Gasteiger partial charge < -0.3 is 10.5 Å². The molecule has 2 N–H and O–H groups in total. The van der Waals surface area contributed by atoms with Crippen molar-refractivity contribution in [3.8, 4) is 0 Å². The molecule has 4 nitrogen and oxygen atoms in total. The second-order valence-corrected chi connectivity index (χ2v) is 4.88. The van der Waals surface area contributed by atoms with E-state index in [1.54, 1.807) is 7.11 Å². The summed E-state index contributed by atoms with van der Waals surface area (Å²) in [5.41, 5.74) is 9.77. The van der Waals surface area contributed by atoms with Crippen molar-refractivity contribution in [3.05, 3.63) is 17.0 Å². The highest BCUT2D eigenvalue weighted by Gasteiger charge is 2.20. The van der Waals surface area contributed by atoms with E-state index in [2.05, 4.69) is 25.5 Å². The predicted octanol–water partition coefficient (Wildman–Crippen LogP) is 2.63. The van der Waals surface area contributed by atoms with Crippen LogP contribution in [-0.2, 0) is 17.6 Å². The molecular formula is C14H27N3O. The van der Waals surface area contributed by atoms with E-state index in [0.717, 1.165) is 31.6 Å². The minimum atomic E-state index is 0.0540. The van der Waals surface area contributed by atoms with Gasteiger partial charge in [0.15, 0.2) is 0 Å². The Balaban J connectivity index is 3.11. The molecule has 0 fully saturated rings. The number of methoxy groups -OCH3 is 1. The molecule has 4 heteroatoms. The zero-order valence-corrected chi connectivity index (χ0v) is 12.4. The van der Waals surface area contributed by atoms with E-state index in [9.17, 15) is 0 Å². The first-order valence-corrected chi connectivity index (χ1v) is 6.91. The summed E-state index contributed by atoms with van der Waals surface area (Å²) in [7, 11) is 1.74. The van der Waals surface area contributed by atoms with Crippen LogP contribution in [0.3, 0.4) is 0 Å². The fourth-order valence-electron chi connectivity index (χ4n) is 2.45. The third-order valence-electron chi connectivity index (χ3n) is 3.41. The van der Waals surface area contributed by atoms with Crippen molar-refractivity contribution in [2.24, 2.45) is 5.73 Å². The van der Waals surface area contributed by atoms with Crippen LogP contribution in [0.15, 0.2) is 0 Å². The molecule has 0 aliphatic carbocycles. The maximum Gasteiger partial charge on any atom is 0.0672 e. The van der Waals surface area contributed by atoms with Gasteiger partial charge in [0.05, 0.1) is 11.7 Å². The monoisotopic (exact) mass is 253 g/mol. The van der Waals surface area contributed by atoms with Gasteiger partial charge in [-0.05, 0) is 33.1 Å². The maximum atomic E-state index is 6.10. The molecule has 0 radical (unpaired) electrons. The first kappa shape index (κ1) is 15.2. The molecule has 1 aromatic heterocycles. The Morgan fingerprint density at radius 2 is 1.94 bits per heavy atom. The van der Waals surface area contributed by atoms with Gasteiger partial charge in [0.25, 0.3) is 0 Å². The van der Waals surface area contributed by atoms with Crippen LogP contribution in [0, 0.1) is 0 Å². The summed E-state index contributed by atoms with van der Waals surface area (Å²) in [5, 5.41) is 4.75. The van der Waals surface area contributed by atoms with Crippen LogP contribution in [0.4, 0.5) is 0 Å². The second-order valence-electron chi connectivity index (χ2n) is 4.88. The molecular weight excluding hydrogens is 226 g/mol. The van der Waals surface area contributed by atoms with Crippen LogP contribution in [0.1, 0.15) is 63.2 Å². The highest BCUT2D eigenvalue weighted by Crippen LogP contribution is 2.25. The molecule has 18 heavy (non-hydrogen) atoms. The van der Waals surface area contributed by atoms with Crippen LogP contribution in [0.25, 0.3) is 0 Å². The number of aryl methyl sites for hydroxylation is 1. The van der Waals surface area contributed by atoms with Crippen LogP contribution in [-0.4, -0.2) is 23.5 Å². The highest BCUT2D eigenvalue weighted by atomic mass is 16.5. The summed E-state index contributed by atoms with van der Waals surface area (Å²) >= 11 is 0. The SMILES string of the molecule is CCc1nn(C(C)CCOC)c(CC)c1C(C)N. The van der Waals surface area contributed by atoms with Crippen molar-refractivity contribution >= 4 is 0 Å². The maximum absolute atomic E-state index is 6.10. The molecule has 0 bridgehead atoms. The molecule has 0 saturated carbocycles. The van der Waals surface area contributed by atoms with Crippen molar-refractivity contribution in [1.82, 2.24) is 9.78 Å². The van der Waals surface area contributed by atoms with Gasteiger partial charge in [0.1, 0.15) is 0 Å². The summed E-state index contributed by atoms with van der Waals surface area (Å²) in [6.07, 6.45) is 2.89. The largest absolute Gasteiger partial charge is 0.385 e. The Bertz CT molecular complexity index is 371. The normalized spacial score (nSPS) is 14.8. The zero-order chi connectivity index (χ0) is 13.7. The van der Waals surface area contributed by atoms with Gasteiger partial charge in [-0.25, -0.2) is 0 Å². The highest BCUT2D eigenvalue weighted by molar-refractivity contribution is 5.30. The molecule has 2 unspecified atom stereocenters. The first-order chi connectivity index (χ1) is 8.56. The van der Waals surface area contributed by atoms with E-state index in [-0.39, 0.29) is 6.04 Å². The van der Waals surface area contributed by atoms with E-state index in [0.29, 0.717) is 6.04 Å². The summed E-state index contributed by atoms with van der Waals surface area (Å²) in [4.78, 5) is 0. The Labute approximate surface area is 111 Å². The van der Waals surface area contributed by atoms with Gasteiger partial charge in [-0.2, -0.15) is 5.10 Å². The molecule has 0 aliphatic heterocycles. The van der Waals surface area contributed by atoms with Gasteiger partial charge in [0.2, 0.25) is 0 Å². The Kier molecular flexibility index (Phi) is 5.82. The van der Waals surface area contributed by atoms with Crippen molar-refractivity contribution in [3.63, 3.8) is 0 Å². The van der Waals surface area contributed by atoms with E-state index in [4.69, 9.17) is 15.6 Å². The minimum Gasteiger partial charge on any atom is -0.385 e. The lowest BCUT2D eigenvalue weighted by atomic mass is 10.0. The lowest BCUT2D eigenvalue weighted by Gasteiger charge is -2.16. The fraction of sp³-hybridized carbons (Fsp3) is 0.786. The molecule has 0 spiro atoms. The molecule has 104 valence electrons. The van der Waals surface area contributed by atoms with Gasteiger partial charge in [-0.1, -0.05) is 13.8 Å². The summed E-state index contributed by atoms with van der Waals surface area (Å²) in [6, 6.07) is 0.413. The zero-order valence-electron chi connectivity index (χ0n) is 12.4. The fourth-order valence-corrected chi connectivity index (χ4v) is 2.45. The van der Waals surface area contributed by atoms with Crippen molar-refractivity contribution in [2.45, 2.75) is 59.0 Å². The topological polar surface area (TPSA) is 53.1 Å². The Hall–Kier alpha value is -0.870. The molecule has 0 amide bonds. The standard InChI is InChI=1S/C14H27N3O/c1-6-12-14(11(4)15)13(7-2)17(16-12)10(3)8-9-18-5/h10-11H,6-9,15H2,1-5H3. The molecule has 0 aromatic carbocycles. The van der Waals surface area contributed by atoms with Crippen LogP contribution in [0.2, 0.25) is 0 Å². The van der Waals surface area contributed by atoms with E-state index in [1.165, 1.54) is 11.3 Å². The first-order valence-electron chi connectivity index (χ1n) is 6.91. The predicted molar refractivity (Wildman–Crippen MR) is 74.8 cm³/mol. The summed E-state index contributed by atoms with van der Waals surface area (Å²) in [6.45, 7) is 9.30. The van der Waals surface area contributed by atoms with Gasteiger partial charge in [-0.3, -0.25) is 4.68 Å². The summed E-state index contributed by atoms with van der Waals surface area (Å²) in [5.74, 6) is 0. The molecule has 2 atom stereocenters. The van der Waals surface area contributed by atoms with E-state index in [1.807, 2.05) is 6.92 Å². The average molecular weight is 253 g/mol. The minimum absolute atomic E-state index is 0.0540. The Morgan fingerprint density at radius 1 is 1.28 bits per heavy atom. The Morgan fingerprint density at radius 3 is 2.39 bits per heavy atom. The second kappa shape index (κ2) is 6.90. The third kappa shape index (κ3) is 3.12. The number of rotatable bonds is 7. The molecule has 1 aromatic rings. The molecule has 0 aliphatic rings. The van der Waals surface area contributed by atoms with Crippen LogP contribution >= 0.6 is 0 Å². The quantitative estimate of drug-likeness (QED) is 0.812. The lowest BCUT2D eigenvalue weighted by molar-refractivity contribution is 0.178. The third-order valence-corrected chi connectivity index (χ3v) is 3.41. The number of nitrogens with zero attached hydrogens (tertiary/aromatic N) is 2. The number of aromatic nitrogens is 2. The van der Waals surface area contributed by atoms with E-state index >= 15 is 0 Å². The van der Waals surface area contributed by atoms with Crippen molar-refractivity contribution in [2.75, 3.05) is 13.7 Å². The van der Waals surface area contributed by atoms with Gasteiger partial charge in [-0.15, -0.1) is 0 Å². The average Bonchev–Trinajstić information content (AvgIpc) is 2.74. The van der Waals surface area contributed by atoms with Crippen molar-refractivity contribution in [1.29, 1.82) is 0 Å². The van der Waals surface area contributed by atoms with Gasteiger partial charge in [0, 0.05) is 31.0 Å². The smallest absolute Gasteiger partial charge is 0.0672 e. The number of nitrogens with two attached hydrogens (primary N) is 1. The van der Waals surface area contributed by atoms with E-state index < -0.39 is 0 Å². The molecule has 1 heterocycles. The number of ether oxygens (including phenoxy) is 1. The van der Waals surface area contributed by atoms with Gasteiger partial charge >= 0.3 is 0 Å². The van der Waals surface area contributed by atoms with Crippen LogP contribution < -0.4 is 5.73 Å². The summed E-state index contributed by atoms with van der Waals surface area (Å²) < 4.78 is 7.30. The van der Waals surface area contributed by atoms with Crippen molar-refractivity contribution < 1.29 is 4.74 Å². The van der Waals surface area contributed by atoms with Crippen LogP contribution in [0.5, 0.6) is 0 Å².